The molecular weight excluding hydrogens is 170 g/mol. The Morgan fingerprint density at radius 1 is 1.77 bits per heavy atom. The Kier molecular flexibility index (Phi) is 3.45. The molecule has 0 atom stereocenters. The summed E-state index contributed by atoms with van der Waals surface area (Å²) < 4.78 is 6.41. The fraction of sp³-hybridized carbons (Fsp3) is 0.500. The van der Waals surface area contributed by atoms with Crippen LogP contribution in [-0.2, 0) is 11.3 Å². The number of esters is 1. The Labute approximate surface area is 76.5 Å². The van der Waals surface area contributed by atoms with E-state index in [0.717, 1.165) is 0 Å². The summed E-state index contributed by atoms with van der Waals surface area (Å²) in [6, 6.07) is 0. The molecule has 5 nitrogen and oxygen atoms in total. The van der Waals surface area contributed by atoms with Crippen LogP contribution in [0.2, 0.25) is 0 Å². The summed E-state index contributed by atoms with van der Waals surface area (Å²) in [6.07, 6.45) is 3.11. The van der Waals surface area contributed by atoms with Crippen molar-refractivity contribution < 1.29 is 9.53 Å². The van der Waals surface area contributed by atoms with Crippen molar-refractivity contribution in [3.8, 4) is 0 Å². The third kappa shape index (κ3) is 2.55. The van der Waals surface area contributed by atoms with E-state index in [4.69, 9.17) is 10.5 Å². The van der Waals surface area contributed by atoms with E-state index in [0.29, 0.717) is 25.3 Å². The molecule has 5 heteroatoms. The lowest BCUT2D eigenvalue weighted by atomic mass is 10.4. The molecule has 13 heavy (non-hydrogen) atoms. The van der Waals surface area contributed by atoms with Crippen molar-refractivity contribution >= 4 is 5.97 Å². The average molecular weight is 183 g/mol. The first kappa shape index (κ1) is 9.73. The van der Waals surface area contributed by atoms with Crippen LogP contribution in [0.5, 0.6) is 0 Å². The molecule has 0 aromatic carbocycles. The number of carbonyl (C=O) groups excluding carboxylic acids is 1. The van der Waals surface area contributed by atoms with Crippen LogP contribution in [0.15, 0.2) is 12.4 Å². The minimum absolute atomic E-state index is 0.342. The van der Waals surface area contributed by atoms with E-state index in [-0.39, 0.29) is 5.97 Å². The predicted molar refractivity (Wildman–Crippen MR) is 47.2 cm³/mol. The van der Waals surface area contributed by atoms with Crippen molar-refractivity contribution in [1.29, 1.82) is 0 Å². The molecule has 0 aliphatic rings. The fourth-order valence-electron chi connectivity index (χ4n) is 0.938. The molecule has 0 spiro atoms. The Hall–Kier alpha value is -1.36. The highest BCUT2D eigenvalue weighted by Gasteiger charge is 2.08. The molecule has 72 valence electrons. The monoisotopic (exact) mass is 183 g/mol. The maximum Gasteiger partial charge on any atom is 0.341 e. The summed E-state index contributed by atoms with van der Waals surface area (Å²) in [5.74, 6) is -0.342. The minimum atomic E-state index is -0.342. The maximum absolute atomic E-state index is 11.2. The van der Waals surface area contributed by atoms with Gasteiger partial charge in [-0.15, -0.1) is 0 Å². The van der Waals surface area contributed by atoms with Gasteiger partial charge in [-0.2, -0.15) is 5.10 Å². The van der Waals surface area contributed by atoms with E-state index in [1.165, 1.54) is 6.20 Å². The zero-order valence-electron chi connectivity index (χ0n) is 7.56. The van der Waals surface area contributed by atoms with Crippen LogP contribution in [-0.4, -0.2) is 28.9 Å². The van der Waals surface area contributed by atoms with Gasteiger partial charge in [0.05, 0.1) is 24.9 Å². The van der Waals surface area contributed by atoms with Gasteiger partial charge in [-0.25, -0.2) is 4.79 Å². The number of nitrogens with two attached hydrogens (primary N) is 1. The topological polar surface area (TPSA) is 70.1 Å². The minimum Gasteiger partial charge on any atom is -0.462 e. The number of ether oxygens (including phenoxy) is 1. The summed E-state index contributed by atoms with van der Waals surface area (Å²) in [6.45, 7) is 3.26. The third-order valence-electron chi connectivity index (χ3n) is 1.50. The summed E-state index contributed by atoms with van der Waals surface area (Å²) >= 11 is 0. The lowest BCUT2D eigenvalue weighted by molar-refractivity contribution is 0.0526. The second-order valence-electron chi connectivity index (χ2n) is 2.50. The smallest absolute Gasteiger partial charge is 0.341 e. The summed E-state index contributed by atoms with van der Waals surface area (Å²) in [7, 11) is 0. The lowest BCUT2D eigenvalue weighted by Crippen LogP contribution is -2.10. The normalized spacial score (nSPS) is 10.0. The molecule has 2 N–H and O–H groups in total. The van der Waals surface area contributed by atoms with Crippen LogP contribution >= 0.6 is 0 Å². The van der Waals surface area contributed by atoms with Crippen LogP contribution in [0, 0.1) is 0 Å². The predicted octanol–water partition coefficient (Wildman–Crippen LogP) is 0.0185. The molecule has 1 rings (SSSR count). The molecule has 0 saturated carbocycles. The van der Waals surface area contributed by atoms with Crippen molar-refractivity contribution in [3.05, 3.63) is 18.0 Å². The number of rotatable bonds is 4. The van der Waals surface area contributed by atoms with Gasteiger partial charge in [-0.1, -0.05) is 0 Å². The fourth-order valence-corrected chi connectivity index (χ4v) is 0.938. The average Bonchev–Trinajstić information content (AvgIpc) is 2.54. The van der Waals surface area contributed by atoms with E-state index in [1.807, 2.05) is 0 Å². The second-order valence-corrected chi connectivity index (χ2v) is 2.50. The van der Waals surface area contributed by atoms with Gasteiger partial charge in [0, 0.05) is 12.7 Å². The van der Waals surface area contributed by atoms with Gasteiger partial charge in [-0.3, -0.25) is 4.68 Å². The second kappa shape index (κ2) is 4.61. The largest absolute Gasteiger partial charge is 0.462 e. The standard InChI is InChI=1S/C8H13N3O2/c1-2-13-8(12)7-5-10-11(6-7)4-3-9/h5-6H,2-4,9H2,1H3. The van der Waals surface area contributed by atoms with E-state index in [9.17, 15) is 4.79 Å². The highest BCUT2D eigenvalue weighted by molar-refractivity contribution is 5.88. The molecule has 0 unspecified atom stereocenters. The van der Waals surface area contributed by atoms with Gasteiger partial charge in [0.2, 0.25) is 0 Å². The number of hydrogen-bond donors (Lipinski definition) is 1. The molecule has 0 aliphatic heterocycles. The first-order valence-corrected chi connectivity index (χ1v) is 4.17. The van der Waals surface area contributed by atoms with Crippen molar-refractivity contribution in [2.75, 3.05) is 13.2 Å². The number of aromatic nitrogens is 2. The molecule has 0 fully saturated rings. The zero-order valence-corrected chi connectivity index (χ0v) is 7.56. The molecule has 1 aromatic heterocycles. The third-order valence-corrected chi connectivity index (χ3v) is 1.50. The number of nitrogens with zero attached hydrogens (tertiary/aromatic N) is 2. The Morgan fingerprint density at radius 2 is 2.54 bits per heavy atom. The van der Waals surface area contributed by atoms with Crippen molar-refractivity contribution in [1.82, 2.24) is 9.78 Å². The summed E-state index contributed by atoms with van der Waals surface area (Å²) in [5.41, 5.74) is 5.80. The molecule has 0 saturated heterocycles. The Bertz CT molecular complexity index is 283. The van der Waals surface area contributed by atoms with Gasteiger partial charge in [0.1, 0.15) is 0 Å². The van der Waals surface area contributed by atoms with Gasteiger partial charge in [0.15, 0.2) is 0 Å². The van der Waals surface area contributed by atoms with E-state index >= 15 is 0 Å². The maximum atomic E-state index is 11.2. The van der Waals surface area contributed by atoms with Crippen LogP contribution in [0.25, 0.3) is 0 Å². The quantitative estimate of drug-likeness (QED) is 0.668. The van der Waals surface area contributed by atoms with Gasteiger partial charge < -0.3 is 10.5 Å². The van der Waals surface area contributed by atoms with E-state index in [2.05, 4.69) is 5.10 Å². The zero-order chi connectivity index (χ0) is 9.68. The Morgan fingerprint density at radius 3 is 3.15 bits per heavy atom. The molecule has 1 heterocycles. The van der Waals surface area contributed by atoms with Crippen LogP contribution in [0.1, 0.15) is 17.3 Å². The molecule has 0 aliphatic carbocycles. The number of carbonyl (C=O) groups is 1. The lowest BCUT2D eigenvalue weighted by Gasteiger charge is -1.97. The van der Waals surface area contributed by atoms with Crippen molar-refractivity contribution in [3.63, 3.8) is 0 Å². The molecule has 0 bridgehead atoms. The van der Waals surface area contributed by atoms with Crippen LogP contribution in [0.4, 0.5) is 0 Å². The number of hydrogen-bond acceptors (Lipinski definition) is 4. The molecule has 0 amide bonds. The summed E-state index contributed by atoms with van der Waals surface area (Å²) in [4.78, 5) is 11.2. The molecular formula is C8H13N3O2. The van der Waals surface area contributed by atoms with Crippen LogP contribution in [0.3, 0.4) is 0 Å². The SMILES string of the molecule is CCOC(=O)c1cnn(CCN)c1. The van der Waals surface area contributed by atoms with Gasteiger partial charge in [-0.05, 0) is 6.92 Å². The van der Waals surface area contributed by atoms with Gasteiger partial charge in [0.25, 0.3) is 0 Å². The first-order valence-electron chi connectivity index (χ1n) is 4.17. The highest BCUT2D eigenvalue weighted by atomic mass is 16.5. The Balaban J connectivity index is 2.62. The van der Waals surface area contributed by atoms with Gasteiger partial charge >= 0.3 is 5.97 Å². The van der Waals surface area contributed by atoms with E-state index < -0.39 is 0 Å². The highest BCUT2D eigenvalue weighted by Crippen LogP contribution is 1.99. The molecule has 0 radical (unpaired) electrons. The first-order chi connectivity index (χ1) is 6.27. The van der Waals surface area contributed by atoms with Crippen molar-refractivity contribution in [2.45, 2.75) is 13.5 Å². The summed E-state index contributed by atoms with van der Waals surface area (Å²) in [5, 5.41) is 3.95. The molecule has 1 aromatic rings. The van der Waals surface area contributed by atoms with Crippen LogP contribution < -0.4 is 5.73 Å². The van der Waals surface area contributed by atoms with Crippen molar-refractivity contribution in [2.24, 2.45) is 5.73 Å². The van der Waals surface area contributed by atoms with E-state index in [1.54, 1.807) is 17.8 Å².